The average molecular weight is 218 g/mol. The van der Waals surface area contributed by atoms with E-state index in [1.807, 2.05) is 23.5 Å². The Bertz CT molecular complexity index is 179. The summed E-state index contributed by atoms with van der Waals surface area (Å²) in [5.74, 6) is 0. The molecular formula is C11H22S2. The van der Waals surface area contributed by atoms with Gasteiger partial charge >= 0.3 is 0 Å². The van der Waals surface area contributed by atoms with Crippen LogP contribution in [0, 0.1) is 0 Å². The summed E-state index contributed by atoms with van der Waals surface area (Å²) in [7, 11) is 0. The molecule has 0 aromatic rings. The van der Waals surface area contributed by atoms with Crippen LogP contribution in [0.5, 0.6) is 0 Å². The first-order chi connectivity index (χ1) is 5.60. The predicted molar refractivity (Wildman–Crippen MR) is 68.4 cm³/mol. The van der Waals surface area contributed by atoms with Crippen LogP contribution in [0.25, 0.3) is 0 Å². The number of hydrogen-bond acceptors (Lipinski definition) is 2. The molecule has 0 N–H and O–H groups in total. The Balaban J connectivity index is 4.05. The molecule has 78 valence electrons. The van der Waals surface area contributed by atoms with Crippen molar-refractivity contribution >= 4 is 23.5 Å². The number of allylic oxidation sites excluding steroid dienone is 1. The van der Waals surface area contributed by atoms with Gasteiger partial charge < -0.3 is 0 Å². The van der Waals surface area contributed by atoms with Crippen LogP contribution >= 0.6 is 23.5 Å². The maximum absolute atomic E-state index is 2.27. The number of thioether (sulfide) groups is 2. The Morgan fingerprint density at radius 1 is 0.923 bits per heavy atom. The molecule has 13 heavy (non-hydrogen) atoms. The smallest absolute Gasteiger partial charge is 0.0119 e. The molecule has 0 aliphatic heterocycles. The van der Waals surface area contributed by atoms with Gasteiger partial charge in [-0.15, -0.1) is 23.5 Å². The molecule has 0 bridgehead atoms. The van der Waals surface area contributed by atoms with Gasteiger partial charge in [-0.3, -0.25) is 0 Å². The van der Waals surface area contributed by atoms with Crippen LogP contribution in [0.2, 0.25) is 0 Å². The molecule has 0 radical (unpaired) electrons. The van der Waals surface area contributed by atoms with Crippen molar-refractivity contribution in [3.63, 3.8) is 0 Å². The molecule has 0 heterocycles. The van der Waals surface area contributed by atoms with Crippen LogP contribution in [0.4, 0.5) is 0 Å². The highest BCUT2D eigenvalue weighted by Crippen LogP contribution is 2.34. The number of rotatable bonds is 2. The molecule has 0 aromatic carbocycles. The summed E-state index contributed by atoms with van der Waals surface area (Å²) >= 11 is 3.84. The molecule has 0 saturated carbocycles. The quantitative estimate of drug-likeness (QED) is 0.646. The van der Waals surface area contributed by atoms with Gasteiger partial charge in [0.05, 0.1) is 0 Å². The Kier molecular flexibility index (Phi) is 4.95. The maximum Gasteiger partial charge on any atom is 0.0119 e. The van der Waals surface area contributed by atoms with Crippen molar-refractivity contribution < 1.29 is 0 Å². The largest absolute Gasteiger partial charge is 0.127 e. The summed E-state index contributed by atoms with van der Waals surface area (Å²) in [5, 5.41) is 2.27. The third kappa shape index (κ3) is 10.4. The minimum absolute atomic E-state index is 0.332. The van der Waals surface area contributed by atoms with E-state index in [-0.39, 0.29) is 0 Å². The van der Waals surface area contributed by atoms with E-state index in [1.54, 1.807) is 0 Å². The molecule has 0 unspecified atom stereocenters. The highest BCUT2D eigenvalue weighted by molar-refractivity contribution is 8.07. The van der Waals surface area contributed by atoms with Crippen molar-refractivity contribution in [2.45, 2.75) is 58.0 Å². The van der Waals surface area contributed by atoms with E-state index in [0.717, 1.165) is 0 Å². The van der Waals surface area contributed by atoms with E-state index in [4.69, 9.17) is 0 Å². The van der Waals surface area contributed by atoms with Crippen molar-refractivity contribution in [2.75, 3.05) is 0 Å². The summed E-state index contributed by atoms with van der Waals surface area (Å²) < 4.78 is 0.665. The molecule has 0 aliphatic rings. The van der Waals surface area contributed by atoms with Gasteiger partial charge in [0.2, 0.25) is 0 Å². The Morgan fingerprint density at radius 3 is 1.69 bits per heavy atom. The van der Waals surface area contributed by atoms with Gasteiger partial charge in [0.15, 0.2) is 0 Å². The van der Waals surface area contributed by atoms with Gasteiger partial charge in [0.25, 0.3) is 0 Å². The second-order valence-corrected chi connectivity index (χ2v) is 8.94. The summed E-state index contributed by atoms with van der Waals surface area (Å²) in [5.41, 5.74) is 0. The zero-order valence-electron chi connectivity index (χ0n) is 9.89. The van der Waals surface area contributed by atoms with Gasteiger partial charge in [-0.05, 0) is 17.2 Å². The topological polar surface area (TPSA) is 0 Å². The van der Waals surface area contributed by atoms with Crippen molar-refractivity contribution in [3.05, 3.63) is 10.3 Å². The van der Waals surface area contributed by atoms with Crippen LogP contribution in [-0.2, 0) is 0 Å². The van der Waals surface area contributed by atoms with E-state index < -0.39 is 0 Å². The van der Waals surface area contributed by atoms with E-state index in [0.29, 0.717) is 9.49 Å². The van der Waals surface area contributed by atoms with E-state index in [2.05, 4.69) is 53.9 Å². The molecule has 2 heteroatoms. The van der Waals surface area contributed by atoms with Gasteiger partial charge in [-0.25, -0.2) is 0 Å². The number of hydrogen-bond donors (Lipinski definition) is 0. The van der Waals surface area contributed by atoms with E-state index in [1.165, 1.54) is 4.91 Å². The summed E-state index contributed by atoms with van der Waals surface area (Å²) in [4.78, 5) is 1.41. The molecule has 0 atom stereocenters. The van der Waals surface area contributed by atoms with Crippen LogP contribution < -0.4 is 0 Å². The standard InChI is InChI=1S/C11H22S2/c1-9(13-11(5,6)7)8-12-10(2,3)4/h8H,1-7H3/b9-8+. The predicted octanol–water partition coefficient (Wildman–Crippen LogP) is 4.91. The Hall–Kier alpha value is 0.440. The first kappa shape index (κ1) is 13.4. The summed E-state index contributed by atoms with van der Waals surface area (Å²) in [6, 6.07) is 0. The van der Waals surface area contributed by atoms with Gasteiger partial charge in [0, 0.05) is 9.49 Å². The van der Waals surface area contributed by atoms with Crippen molar-refractivity contribution in [3.8, 4) is 0 Å². The molecule has 0 nitrogen and oxygen atoms in total. The first-order valence-electron chi connectivity index (χ1n) is 4.64. The molecule has 0 rings (SSSR count). The highest BCUT2D eigenvalue weighted by atomic mass is 32.2. The molecule has 0 amide bonds. The minimum atomic E-state index is 0.332. The summed E-state index contributed by atoms with van der Waals surface area (Å²) in [6.45, 7) is 15.6. The maximum atomic E-state index is 2.27. The second-order valence-electron chi connectivity index (χ2n) is 5.17. The average Bonchev–Trinajstić information content (AvgIpc) is 1.78. The fourth-order valence-electron chi connectivity index (χ4n) is 0.767. The van der Waals surface area contributed by atoms with Gasteiger partial charge in [-0.1, -0.05) is 41.5 Å². The Labute approximate surface area is 91.9 Å². The fraction of sp³-hybridized carbons (Fsp3) is 0.818. The zero-order valence-corrected chi connectivity index (χ0v) is 11.5. The lowest BCUT2D eigenvalue weighted by Gasteiger charge is -2.19. The monoisotopic (exact) mass is 218 g/mol. The lowest BCUT2D eigenvalue weighted by Crippen LogP contribution is -2.07. The molecule has 0 saturated heterocycles. The highest BCUT2D eigenvalue weighted by Gasteiger charge is 2.13. The van der Waals surface area contributed by atoms with Crippen LogP contribution in [0.15, 0.2) is 10.3 Å². The molecule has 0 fully saturated rings. The summed E-state index contributed by atoms with van der Waals surface area (Å²) in [6.07, 6.45) is 0. The molecular weight excluding hydrogens is 196 g/mol. The second kappa shape index (κ2) is 4.79. The lowest BCUT2D eigenvalue weighted by atomic mass is 10.3. The van der Waals surface area contributed by atoms with Gasteiger partial charge in [0.1, 0.15) is 0 Å². The SMILES string of the molecule is C/C(=C\SC(C)(C)C)SC(C)(C)C. The van der Waals surface area contributed by atoms with E-state index >= 15 is 0 Å². The normalized spacial score (nSPS) is 14.8. The van der Waals surface area contributed by atoms with E-state index in [9.17, 15) is 0 Å². The van der Waals surface area contributed by atoms with Crippen LogP contribution in [-0.4, -0.2) is 9.49 Å². The molecule has 0 aromatic heterocycles. The lowest BCUT2D eigenvalue weighted by molar-refractivity contribution is 0.805. The molecule has 0 spiro atoms. The Morgan fingerprint density at radius 2 is 1.38 bits per heavy atom. The van der Waals surface area contributed by atoms with Crippen molar-refractivity contribution in [2.24, 2.45) is 0 Å². The third-order valence-corrected chi connectivity index (χ3v) is 3.43. The van der Waals surface area contributed by atoms with Gasteiger partial charge in [-0.2, -0.15) is 0 Å². The van der Waals surface area contributed by atoms with Crippen LogP contribution in [0.3, 0.4) is 0 Å². The van der Waals surface area contributed by atoms with Crippen LogP contribution in [0.1, 0.15) is 48.5 Å². The fourth-order valence-corrected chi connectivity index (χ4v) is 2.59. The van der Waals surface area contributed by atoms with Crippen molar-refractivity contribution in [1.82, 2.24) is 0 Å². The third-order valence-electron chi connectivity index (χ3n) is 1.05. The zero-order chi connectivity index (χ0) is 10.7. The minimum Gasteiger partial charge on any atom is -0.127 e. The molecule has 0 aliphatic carbocycles. The first-order valence-corrected chi connectivity index (χ1v) is 6.33. The van der Waals surface area contributed by atoms with Crippen molar-refractivity contribution in [1.29, 1.82) is 0 Å².